The molecule has 1 aliphatic rings. The third-order valence-electron chi connectivity index (χ3n) is 5.28. The van der Waals surface area contributed by atoms with Crippen LogP contribution in [0.4, 0.5) is 0 Å². The van der Waals surface area contributed by atoms with Gasteiger partial charge in [0.2, 0.25) is 5.91 Å². The number of halogens is 1. The quantitative estimate of drug-likeness (QED) is 0.564. The minimum absolute atomic E-state index is 0.147. The summed E-state index contributed by atoms with van der Waals surface area (Å²) in [4.78, 5) is 18.3. The Hall–Kier alpha value is -2.72. The maximum atomic E-state index is 12.9. The smallest absolute Gasteiger partial charge is 0.242 e. The molecule has 0 saturated heterocycles. The minimum atomic E-state index is 0.147. The molecule has 0 radical (unpaired) electrons. The SMILES string of the molecule is O=C(Cn1ccc2ccccc21)N1CCc2[nH]c3ccc(Cl)cc3c2C1. The lowest BCUT2D eigenvalue weighted by atomic mass is 10.0. The number of benzene rings is 2. The van der Waals surface area contributed by atoms with Gasteiger partial charge in [0.05, 0.1) is 0 Å². The Bertz CT molecular complexity index is 1140. The largest absolute Gasteiger partial charge is 0.358 e. The van der Waals surface area contributed by atoms with Gasteiger partial charge in [-0.3, -0.25) is 4.79 Å². The minimum Gasteiger partial charge on any atom is -0.358 e. The van der Waals surface area contributed by atoms with Crippen LogP contribution in [0.15, 0.2) is 54.7 Å². The Kier molecular flexibility index (Phi) is 3.54. The summed E-state index contributed by atoms with van der Waals surface area (Å²) in [6, 6.07) is 16.1. The van der Waals surface area contributed by atoms with Gasteiger partial charge in [-0.15, -0.1) is 0 Å². The summed E-state index contributed by atoms with van der Waals surface area (Å²) in [7, 11) is 0. The molecule has 0 bridgehead atoms. The molecule has 1 N–H and O–H groups in total. The maximum Gasteiger partial charge on any atom is 0.242 e. The second-order valence-corrected chi connectivity index (χ2v) is 7.28. The molecule has 4 aromatic rings. The average molecular weight is 364 g/mol. The van der Waals surface area contributed by atoms with E-state index in [1.807, 2.05) is 46.0 Å². The zero-order chi connectivity index (χ0) is 17.7. The van der Waals surface area contributed by atoms with E-state index in [0.29, 0.717) is 13.1 Å². The molecule has 0 saturated carbocycles. The first-order valence-electron chi connectivity index (χ1n) is 8.80. The summed E-state index contributed by atoms with van der Waals surface area (Å²) >= 11 is 6.17. The summed E-state index contributed by atoms with van der Waals surface area (Å²) in [5.74, 6) is 0.147. The van der Waals surface area contributed by atoms with Gasteiger partial charge in [0.15, 0.2) is 0 Å². The van der Waals surface area contributed by atoms with Crippen LogP contribution in [0.1, 0.15) is 11.3 Å². The van der Waals surface area contributed by atoms with Crippen LogP contribution in [0.3, 0.4) is 0 Å². The van der Waals surface area contributed by atoms with Crippen molar-refractivity contribution in [1.29, 1.82) is 0 Å². The predicted molar refractivity (Wildman–Crippen MR) is 104 cm³/mol. The monoisotopic (exact) mass is 363 g/mol. The Morgan fingerprint density at radius 2 is 2.04 bits per heavy atom. The second-order valence-electron chi connectivity index (χ2n) is 6.84. The van der Waals surface area contributed by atoms with Crippen LogP contribution in [0.2, 0.25) is 5.02 Å². The zero-order valence-corrected chi connectivity index (χ0v) is 15.0. The van der Waals surface area contributed by atoms with Crippen LogP contribution in [0.5, 0.6) is 0 Å². The van der Waals surface area contributed by atoms with Gasteiger partial charge in [0.1, 0.15) is 6.54 Å². The van der Waals surface area contributed by atoms with Crippen molar-refractivity contribution in [2.45, 2.75) is 19.5 Å². The number of carbonyl (C=O) groups is 1. The van der Waals surface area contributed by atoms with Gasteiger partial charge in [-0.05, 0) is 35.7 Å². The number of aromatic nitrogens is 2. The fourth-order valence-corrected chi connectivity index (χ4v) is 4.10. The molecule has 4 nitrogen and oxygen atoms in total. The topological polar surface area (TPSA) is 41.0 Å². The molecule has 2 aromatic heterocycles. The van der Waals surface area contributed by atoms with Crippen LogP contribution in [0, 0.1) is 0 Å². The van der Waals surface area contributed by atoms with E-state index in [4.69, 9.17) is 11.6 Å². The summed E-state index contributed by atoms with van der Waals surface area (Å²) in [5.41, 5.74) is 4.60. The lowest BCUT2D eigenvalue weighted by Gasteiger charge is -2.27. The predicted octanol–water partition coefficient (Wildman–Crippen LogP) is 4.36. The van der Waals surface area contributed by atoms with Gasteiger partial charge in [-0.2, -0.15) is 0 Å². The highest BCUT2D eigenvalue weighted by atomic mass is 35.5. The normalized spacial score (nSPS) is 14.1. The fraction of sp³-hybridized carbons (Fsp3) is 0.190. The molecule has 0 fully saturated rings. The van der Waals surface area contributed by atoms with Crippen LogP contribution in [0.25, 0.3) is 21.8 Å². The maximum absolute atomic E-state index is 12.9. The number of rotatable bonds is 2. The molecule has 2 aromatic carbocycles. The summed E-state index contributed by atoms with van der Waals surface area (Å²) in [6.07, 6.45) is 2.84. The number of para-hydroxylation sites is 1. The van der Waals surface area contributed by atoms with Crippen molar-refractivity contribution in [3.05, 3.63) is 71.0 Å². The lowest BCUT2D eigenvalue weighted by Crippen LogP contribution is -2.37. The molecule has 3 heterocycles. The molecule has 1 aliphatic heterocycles. The number of nitrogens with zero attached hydrogens (tertiary/aromatic N) is 2. The van der Waals surface area contributed by atoms with E-state index >= 15 is 0 Å². The van der Waals surface area contributed by atoms with E-state index in [2.05, 4.69) is 23.2 Å². The van der Waals surface area contributed by atoms with Crippen LogP contribution < -0.4 is 0 Å². The Morgan fingerprint density at radius 3 is 2.96 bits per heavy atom. The fourth-order valence-electron chi connectivity index (χ4n) is 3.92. The zero-order valence-electron chi connectivity index (χ0n) is 14.2. The van der Waals surface area contributed by atoms with Crippen LogP contribution in [-0.4, -0.2) is 26.9 Å². The van der Waals surface area contributed by atoms with E-state index in [-0.39, 0.29) is 5.91 Å². The molecule has 0 aliphatic carbocycles. The Balaban J connectivity index is 1.42. The van der Waals surface area contributed by atoms with Crippen molar-refractivity contribution in [3.63, 3.8) is 0 Å². The van der Waals surface area contributed by atoms with E-state index in [9.17, 15) is 4.79 Å². The molecular weight excluding hydrogens is 346 g/mol. The molecular formula is C21H18ClN3O. The molecule has 130 valence electrons. The number of hydrogen-bond acceptors (Lipinski definition) is 1. The Morgan fingerprint density at radius 1 is 1.15 bits per heavy atom. The first-order valence-corrected chi connectivity index (χ1v) is 9.17. The highest BCUT2D eigenvalue weighted by Crippen LogP contribution is 2.30. The van der Waals surface area contributed by atoms with Gasteiger partial charge in [0, 0.05) is 58.4 Å². The van der Waals surface area contributed by atoms with Crippen molar-refractivity contribution in [2.24, 2.45) is 0 Å². The Labute approximate surface area is 156 Å². The van der Waals surface area contributed by atoms with E-state index in [1.54, 1.807) is 0 Å². The van der Waals surface area contributed by atoms with Crippen molar-refractivity contribution in [1.82, 2.24) is 14.5 Å². The van der Waals surface area contributed by atoms with E-state index in [0.717, 1.165) is 39.8 Å². The lowest BCUT2D eigenvalue weighted by molar-refractivity contribution is -0.132. The highest BCUT2D eigenvalue weighted by Gasteiger charge is 2.24. The van der Waals surface area contributed by atoms with Crippen molar-refractivity contribution < 1.29 is 4.79 Å². The van der Waals surface area contributed by atoms with Crippen molar-refractivity contribution >= 4 is 39.3 Å². The van der Waals surface area contributed by atoms with Crippen molar-refractivity contribution in [3.8, 4) is 0 Å². The molecule has 5 heteroatoms. The number of amides is 1. The number of aromatic amines is 1. The first-order chi connectivity index (χ1) is 12.7. The van der Waals surface area contributed by atoms with E-state index in [1.165, 1.54) is 11.3 Å². The van der Waals surface area contributed by atoms with Gasteiger partial charge in [-0.25, -0.2) is 0 Å². The average Bonchev–Trinajstić information content (AvgIpc) is 3.22. The van der Waals surface area contributed by atoms with Crippen LogP contribution in [-0.2, 0) is 24.3 Å². The molecule has 5 rings (SSSR count). The standard InChI is InChI=1S/C21H18ClN3O/c22-15-5-6-18-16(11-15)17-12-25(10-8-19(17)23-18)21(26)13-24-9-7-14-3-1-2-4-20(14)24/h1-7,9,11,23H,8,10,12-13H2. The third-order valence-corrected chi connectivity index (χ3v) is 5.51. The van der Waals surface area contributed by atoms with Gasteiger partial charge < -0.3 is 14.5 Å². The molecule has 1 amide bonds. The number of nitrogens with one attached hydrogen (secondary N) is 1. The number of H-pyrrole nitrogens is 1. The van der Waals surface area contributed by atoms with Gasteiger partial charge in [0.25, 0.3) is 0 Å². The third kappa shape index (κ3) is 2.49. The number of hydrogen-bond donors (Lipinski definition) is 1. The molecule has 0 atom stereocenters. The summed E-state index contributed by atoms with van der Waals surface area (Å²) in [6.45, 7) is 1.74. The van der Waals surface area contributed by atoms with Gasteiger partial charge in [-0.1, -0.05) is 29.8 Å². The summed E-state index contributed by atoms with van der Waals surface area (Å²) in [5, 5.41) is 3.01. The molecule has 0 spiro atoms. The molecule has 0 unspecified atom stereocenters. The molecule has 26 heavy (non-hydrogen) atoms. The van der Waals surface area contributed by atoms with Crippen molar-refractivity contribution in [2.75, 3.05) is 6.54 Å². The van der Waals surface area contributed by atoms with Crippen LogP contribution >= 0.6 is 11.6 Å². The summed E-state index contributed by atoms with van der Waals surface area (Å²) < 4.78 is 2.03. The first kappa shape index (κ1) is 15.5. The second kappa shape index (κ2) is 5.92. The van der Waals surface area contributed by atoms with E-state index < -0.39 is 0 Å². The number of carbonyl (C=O) groups excluding carboxylic acids is 1. The van der Waals surface area contributed by atoms with Gasteiger partial charge >= 0.3 is 0 Å². The highest BCUT2D eigenvalue weighted by molar-refractivity contribution is 6.31. The number of fused-ring (bicyclic) bond motifs is 4.